The third kappa shape index (κ3) is 4.24. The summed E-state index contributed by atoms with van der Waals surface area (Å²) in [5.74, 6) is -0.472. The highest BCUT2D eigenvalue weighted by molar-refractivity contribution is 5.86. The fraction of sp³-hybridized carbons (Fsp3) is 0.429. The minimum absolute atomic E-state index is 0.0539. The standard InChI is InChI=1S/C14H19NO5/c1-9-4-5-12(19-2)10(6-9)7-13(17)15-11(8-16)14(18)20-3/h4-6,11,16H,7-8H2,1-3H3,(H,15,17). The van der Waals surface area contributed by atoms with Gasteiger partial charge in [0.2, 0.25) is 5.91 Å². The smallest absolute Gasteiger partial charge is 0.330 e. The normalized spacial score (nSPS) is 11.6. The lowest BCUT2D eigenvalue weighted by Gasteiger charge is -2.15. The van der Waals surface area contributed by atoms with Crippen LogP contribution in [0.4, 0.5) is 0 Å². The number of nitrogens with one attached hydrogen (secondary N) is 1. The Morgan fingerprint density at radius 1 is 1.35 bits per heavy atom. The summed E-state index contributed by atoms with van der Waals surface area (Å²) in [5, 5.41) is 11.5. The van der Waals surface area contributed by atoms with Gasteiger partial charge in [-0.25, -0.2) is 4.79 Å². The molecule has 0 saturated carbocycles. The summed E-state index contributed by atoms with van der Waals surface area (Å²) in [6.07, 6.45) is 0.0539. The minimum atomic E-state index is -1.05. The van der Waals surface area contributed by atoms with Gasteiger partial charge in [-0.05, 0) is 13.0 Å². The van der Waals surface area contributed by atoms with Crippen LogP contribution < -0.4 is 10.1 Å². The van der Waals surface area contributed by atoms with Gasteiger partial charge in [-0.1, -0.05) is 17.7 Å². The molecular formula is C14H19NO5. The molecule has 6 heteroatoms. The molecule has 0 aliphatic heterocycles. The average Bonchev–Trinajstić information content (AvgIpc) is 2.44. The highest BCUT2D eigenvalue weighted by Crippen LogP contribution is 2.20. The lowest BCUT2D eigenvalue weighted by molar-refractivity contribution is -0.146. The number of carbonyl (C=O) groups is 2. The number of methoxy groups -OCH3 is 2. The molecule has 0 aliphatic rings. The van der Waals surface area contributed by atoms with Gasteiger partial charge in [0.25, 0.3) is 0 Å². The van der Waals surface area contributed by atoms with E-state index in [1.807, 2.05) is 19.1 Å². The monoisotopic (exact) mass is 281 g/mol. The number of aryl methyl sites for hydroxylation is 1. The Labute approximate surface area is 117 Å². The van der Waals surface area contributed by atoms with Gasteiger partial charge < -0.3 is 19.9 Å². The zero-order valence-electron chi connectivity index (χ0n) is 11.8. The zero-order chi connectivity index (χ0) is 15.1. The Balaban J connectivity index is 2.75. The first-order valence-corrected chi connectivity index (χ1v) is 6.13. The van der Waals surface area contributed by atoms with E-state index in [0.29, 0.717) is 11.3 Å². The number of amides is 1. The van der Waals surface area contributed by atoms with Crippen molar-refractivity contribution in [1.29, 1.82) is 0 Å². The van der Waals surface area contributed by atoms with Gasteiger partial charge in [-0.3, -0.25) is 4.79 Å². The Morgan fingerprint density at radius 2 is 2.05 bits per heavy atom. The Hall–Kier alpha value is -2.08. The Bertz CT molecular complexity index is 486. The maximum Gasteiger partial charge on any atom is 0.330 e. The number of aliphatic hydroxyl groups excluding tert-OH is 1. The summed E-state index contributed by atoms with van der Waals surface area (Å²) in [6, 6.07) is 4.45. The van der Waals surface area contributed by atoms with Crippen LogP contribution >= 0.6 is 0 Å². The second kappa shape index (κ2) is 7.49. The highest BCUT2D eigenvalue weighted by Gasteiger charge is 2.21. The number of carbonyl (C=O) groups excluding carboxylic acids is 2. The summed E-state index contributed by atoms with van der Waals surface area (Å²) in [4.78, 5) is 23.2. The molecule has 0 radical (unpaired) electrons. The number of hydrogen-bond donors (Lipinski definition) is 2. The molecule has 1 aromatic carbocycles. The van der Waals surface area contributed by atoms with Crippen LogP contribution in [0.15, 0.2) is 18.2 Å². The van der Waals surface area contributed by atoms with Crippen LogP contribution in [0.3, 0.4) is 0 Å². The quantitative estimate of drug-likeness (QED) is 0.727. The van der Waals surface area contributed by atoms with Crippen LogP contribution in [0.2, 0.25) is 0 Å². The van der Waals surface area contributed by atoms with Crippen LogP contribution in [0, 0.1) is 6.92 Å². The van der Waals surface area contributed by atoms with Crippen molar-refractivity contribution in [2.75, 3.05) is 20.8 Å². The van der Waals surface area contributed by atoms with E-state index in [4.69, 9.17) is 9.84 Å². The van der Waals surface area contributed by atoms with Crippen LogP contribution in [-0.2, 0) is 20.7 Å². The van der Waals surface area contributed by atoms with Crippen LogP contribution in [0.1, 0.15) is 11.1 Å². The van der Waals surface area contributed by atoms with Gasteiger partial charge in [0, 0.05) is 5.56 Å². The molecule has 2 N–H and O–H groups in total. The number of rotatable bonds is 6. The van der Waals surface area contributed by atoms with E-state index in [0.717, 1.165) is 5.56 Å². The predicted octanol–water partition coefficient (Wildman–Crippen LogP) is 0.196. The molecular weight excluding hydrogens is 262 g/mol. The largest absolute Gasteiger partial charge is 0.496 e. The molecule has 1 rings (SSSR count). The van der Waals surface area contributed by atoms with Crippen LogP contribution in [0.5, 0.6) is 5.75 Å². The maximum absolute atomic E-state index is 11.9. The van der Waals surface area contributed by atoms with E-state index < -0.39 is 24.5 Å². The summed E-state index contributed by atoms with van der Waals surface area (Å²) >= 11 is 0. The van der Waals surface area contributed by atoms with Crippen molar-refractivity contribution in [2.24, 2.45) is 0 Å². The third-order valence-corrected chi connectivity index (χ3v) is 2.79. The molecule has 0 aliphatic carbocycles. The summed E-state index contributed by atoms with van der Waals surface area (Å²) in [7, 11) is 2.72. The highest BCUT2D eigenvalue weighted by atomic mass is 16.5. The molecule has 0 heterocycles. The minimum Gasteiger partial charge on any atom is -0.496 e. The topological polar surface area (TPSA) is 84.9 Å². The van der Waals surface area contributed by atoms with Gasteiger partial charge in [-0.2, -0.15) is 0 Å². The van der Waals surface area contributed by atoms with Crippen molar-refractivity contribution in [2.45, 2.75) is 19.4 Å². The van der Waals surface area contributed by atoms with Gasteiger partial charge in [0.1, 0.15) is 5.75 Å². The Kier molecular flexibility index (Phi) is 5.99. The number of esters is 1. The average molecular weight is 281 g/mol. The number of hydrogen-bond acceptors (Lipinski definition) is 5. The van der Waals surface area contributed by atoms with Crippen molar-refractivity contribution in [3.8, 4) is 5.75 Å². The molecule has 20 heavy (non-hydrogen) atoms. The molecule has 0 fully saturated rings. The van der Waals surface area contributed by atoms with E-state index in [-0.39, 0.29) is 6.42 Å². The molecule has 1 amide bonds. The number of ether oxygens (including phenoxy) is 2. The fourth-order valence-corrected chi connectivity index (χ4v) is 1.79. The van der Waals surface area contributed by atoms with Crippen molar-refractivity contribution in [3.63, 3.8) is 0 Å². The predicted molar refractivity (Wildman–Crippen MR) is 72.5 cm³/mol. The lowest BCUT2D eigenvalue weighted by Crippen LogP contribution is -2.44. The third-order valence-electron chi connectivity index (χ3n) is 2.79. The van der Waals surface area contributed by atoms with Crippen molar-refractivity contribution in [3.05, 3.63) is 29.3 Å². The van der Waals surface area contributed by atoms with E-state index in [9.17, 15) is 9.59 Å². The summed E-state index contributed by atoms with van der Waals surface area (Å²) in [6.45, 7) is 1.40. The maximum atomic E-state index is 11.9. The van der Waals surface area contributed by atoms with Crippen LogP contribution in [0.25, 0.3) is 0 Å². The molecule has 6 nitrogen and oxygen atoms in total. The molecule has 0 bridgehead atoms. The fourth-order valence-electron chi connectivity index (χ4n) is 1.79. The molecule has 110 valence electrons. The summed E-state index contributed by atoms with van der Waals surface area (Å²) < 4.78 is 9.66. The Morgan fingerprint density at radius 3 is 2.60 bits per heavy atom. The number of benzene rings is 1. The first-order chi connectivity index (χ1) is 9.51. The molecule has 1 unspecified atom stereocenters. The first kappa shape index (κ1) is 16.0. The SMILES string of the molecule is COC(=O)C(CO)NC(=O)Cc1cc(C)ccc1OC. The summed E-state index contributed by atoms with van der Waals surface area (Å²) in [5.41, 5.74) is 1.71. The second-order valence-electron chi connectivity index (χ2n) is 4.32. The van der Waals surface area contributed by atoms with Crippen molar-refractivity contribution >= 4 is 11.9 Å². The molecule has 1 aromatic rings. The molecule has 1 atom stereocenters. The van der Waals surface area contributed by atoms with Gasteiger partial charge >= 0.3 is 5.97 Å². The van der Waals surface area contributed by atoms with E-state index in [1.165, 1.54) is 14.2 Å². The lowest BCUT2D eigenvalue weighted by atomic mass is 10.1. The van der Waals surface area contributed by atoms with E-state index >= 15 is 0 Å². The van der Waals surface area contributed by atoms with Gasteiger partial charge in [-0.15, -0.1) is 0 Å². The van der Waals surface area contributed by atoms with Crippen LogP contribution in [-0.4, -0.2) is 43.9 Å². The molecule has 0 aromatic heterocycles. The number of aliphatic hydroxyl groups is 1. The molecule has 0 spiro atoms. The van der Waals surface area contributed by atoms with E-state index in [2.05, 4.69) is 10.1 Å². The van der Waals surface area contributed by atoms with Gasteiger partial charge in [0.15, 0.2) is 6.04 Å². The second-order valence-corrected chi connectivity index (χ2v) is 4.32. The van der Waals surface area contributed by atoms with E-state index in [1.54, 1.807) is 6.07 Å². The molecule has 0 saturated heterocycles. The zero-order valence-corrected chi connectivity index (χ0v) is 11.8. The van der Waals surface area contributed by atoms with Gasteiger partial charge in [0.05, 0.1) is 27.2 Å². The van der Waals surface area contributed by atoms with Crippen molar-refractivity contribution < 1.29 is 24.2 Å². The first-order valence-electron chi connectivity index (χ1n) is 6.13. The van der Waals surface area contributed by atoms with Crippen molar-refractivity contribution in [1.82, 2.24) is 5.32 Å².